The molecule has 7 nitrogen and oxygen atoms in total. The Morgan fingerprint density at radius 2 is 1.58 bits per heavy atom. The lowest BCUT2D eigenvalue weighted by atomic mass is 10.2. The minimum atomic E-state index is -0.735. The summed E-state index contributed by atoms with van der Waals surface area (Å²) in [4.78, 5) is 26.7. The van der Waals surface area contributed by atoms with Crippen LogP contribution in [0.25, 0.3) is 0 Å². The third-order valence-electron chi connectivity index (χ3n) is 2.11. The Hall–Kier alpha value is -2.31. The van der Waals surface area contributed by atoms with E-state index in [4.69, 9.17) is 9.47 Å². The van der Waals surface area contributed by atoms with E-state index in [0.29, 0.717) is 5.56 Å². The minimum absolute atomic E-state index is 0.244. The number of nitrogens with zero attached hydrogens (tertiary/aromatic N) is 1. The molecule has 0 fully saturated rings. The molecule has 1 aromatic rings. The van der Waals surface area contributed by atoms with Crippen LogP contribution in [0.2, 0.25) is 0 Å². The Labute approximate surface area is 111 Å². The second-order valence-corrected chi connectivity index (χ2v) is 3.44. The van der Waals surface area contributed by atoms with Crippen LogP contribution in [-0.2, 0) is 9.47 Å². The predicted octanol–water partition coefficient (Wildman–Crippen LogP) is 1.57. The van der Waals surface area contributed by atoms with Crippen LogP contribution in [0, 0.1) is 0 Å². The summed E-state index contributed by atoms with van der Waals surface area (Å²) >= 11 is 0. The number of hydrogen-bond acceptors (Lipinski definition) is 5. The third kappa shape index (κ3) is 5.24. The van der Waals surface area contributed by atoms with E-state index in [2.05, 4.69) is 15.6 Å². The quantitative estimate of drug-likeness (QED) is 0.790. The van der Waals surface area contributed by atoms with Gasteiger partial charge in [-0.2, -0.15) is 0 Å². The molecule has 0 aliphatic heterocycles. The summed E-state index contributed by atoms with van der Waals surface area (Å²) in [5.74, 6) is 0. The van der Waals surface area contributed by atoms with Crippen LogP contribution in [0.5, 0.6) is 0 Å². The number of pyridine rings is 1. The monoisotopic (exact) mass is 267 g/mol. The maximum absolute atomic E-state index is 11.4. The number of rotatable bonds is 5. The van der Waals surface area contributed by atoms with Crippen LogP contribution in [0.1, 0.15) is 25.6 Å². The van der Waals surface area contributed by atoms with Gasteiger partial charge in [-0.25, -0.2) is 9.59 Å². The van der Waals surface area contributed by atoms with E-state index < -0.39 is 18.4 Å². The standard InChI is InChI=1S/C12H17N3O4/c1-3-18-11(16)14-10(15-12(17)19-4-2)9-5-7-13-8-6-9/h5-8,10H,3-4H2,1-2H3,(H,14,16)(H,15,17). The van der Waals surface area contributed by atoms with Crippen molar-refractivity contribution in [1.29, 1.82) is 0 Å². The molecule has 2 N–H and O–H groups in total. The van der Waals surface area contributed by atoms with Gasteiger partial charge in [0.1, 0.15) is 6.17 Å². The summed E-state index contributed by atoms with van der Waals surface area (Å²) in [6.45, 7) is 3.88. The summed E-state index contributed by atoms with van der Waals surface area (Å²) in [7, 11) is 0. The lowest BCUT2D eigenvalue weighted by molar-refractivity contribution is 0.135. The van der Waals surface area contributed by atoms with Crippen molar-refractivity contribution in [2.75, 3.05) is 13.2 Å². The highest BCUT2D eigenvalue weighted by molar-refractivity contribution is 5.71. The maximum Gasteiger partial charge on any atom is 0.409 e. The van der Waals surface area contributed by atoms with Crippen molar-refractivity contribution in [3.05, 3.63) is 30.1 Å². The molecular formula is C12H17N3O4. The molecule has 0 saturated carbocycles. The van der Waals surface area contributed by atoms with Gasteiger partial charge in [0.15, 0.2) is 0 Å². The number of amides is 2. The summed E-state index contributed by atoms with van der Waals surface area (Å²) in [6, 6.07) is 3.34. The minimum Gasteiger partial charge on any atom is -0.450 e. The zero-order valence-corrected chi connectivity index (χ0v) is 10.9. The van der Waals surface area contributed by atoms with Gasteiger partial charge in [0.05, 0.1) is 13.2 Å². The lowest BCUT2D eigenvalue weighted by Gasteiger charge is -2.19. The van der Waals surface area contributed by atoms with E-state index in [0.717, 1.165) is 0 Å². The molecule has 0 saturated heterocycles. The van der Waals surface area contributed by atoms with Gasteiger partial charge >= 0.3 is 12.2 Å². The predicted molar refractivity (Wildman–Crippen MR) is 67.3 cm³/mol. The molecule has 0 spiro atoms. The molecule has 0 aromatic carbocycles. The SMILES string of the molecule is CCOC(=O)NC(NC(=O)OCC)c1ccncc1. The summed E-state index contributed by atoms with van der Waals surface area (Å²) < 4.78 is 9.56. The van der Waals surface area contributed by atoms with Crippen molar-refractivity contribution in [3.63, 3.8) is 0 Å². The number of hydrogen-bond donors (Lipinski definition) is 2. The van der Waals surface area contributed by atoms with Crippen molar-refractivity contribution in [3.8, 4) is 0 Å². The van der Waals surface area contributed by atoms with Crippen molar-refractivity contribution in [1.82, 2.24) is 15.6 Å². The van der Waals surface area contributed by atoms with E-state index in [1.807, 2.05) is 0 Å². The van der Waals surface area contributed by atoms with E-state index >= 15 is 0 Å². The zero-order valence-electron chi connectivity index (χ0n) is 10.9. The number of ether oxygens (including phenoxy) is 2. The van der Waals surface area contributed by atoms with E-state index in [1.165, 1.54) is 0 Å². The molecule has 0 atom stereocenters. The first kappa shape index (κ1) is 14.7. The third-order valence-corrected chi connectivity index (χ3v) is 2.11. The summed E-state index contributed by atoms with van der Waals surface area (Å²) in [5, 5.41) is 5.05. The fraction of sp³-hybridized carbons (Fsp3) is 0.417. The molecule has 104 valence electrons. The fourth-order valence-corrected chi connectivity index (χ4v) is 1.34. The van der Waals surface area contributed by atoms with Crippen molar-refractivity contribution < 1.29 is 19.1 Å². The summed E-state index contributed by atoms with van der Waals surface area (Å²) in [5.41, 5.74) is 0.663. The average molecular weight is 267 g/mol. The second kappa shape index (κ2) is 7.91. The van der Waals surface area contributed by atoms with Crippen LogP contribution >= 0.6 is 0 Å². The topological polar surface area (TPSA) is 89.6 Å². The molecule has 2 amide bonds. The first-order valence-corrected chi connectivity index (χ1v) is 5.93. The highest BCUT2D eigenvalue weighted by Crippen LogP contribution is 2.09. The lowest BCUT2D eigenvalue weighted by Crippen LogP contribution is -2.41. The van der Waals surface area contributed by atoms with Gasteiger partial charge in [0.25, 0.3) is 0 Å². The highest BCUT2D eigenvalue weighted by Gasteiger charge is 2.17. The van der Waals surface area contributed by atoms with Crippen LogP contribution in [0.3, 0.4) is 0 Å². The molecule has 0 aliphatic rings. The number of carbonyl (C=O) groups excluding carboxylic acids is 2. The van der Waals surface area contributed by atoms with E-state index in [1.54, 1.807) is 38.4 Å². The Bertz CT molecular complexity index is 391. The molecule has 19 heavy (non-hydrogen) atoms. The first-order chi connectivity index (χ1) is 9.17. The van der Waals surface area contributed by atoms with Crippen LogP contribution in [0.4, 0.5) is 9.59 Å². The number of carbonyl (C=O) groups is 2. The molecule has 0 radical (unpaired) electrons. The van der Waals surface area contributed by atoms with Gasteiger partial charge in [-0.05, 0) is 31.5 Å². The van der Waals surface area contributed by atoms with Crippen molar-refractivity contribution in [2.24, 2.45) is 0 Å². The average Bonchev–Trinajstić information content (AvgIpc) is 2.39. The largest absolute Gasteiger partial charge is 0.450 e. The second-order valence-electron chi connectivity index (χ2n) is 3.44. The summed E-state index contributed by atoms with van der Waals surface area (Å²) in [6.07, 6.45) is 1.13. The number of alkyl carbamates (subject to hydrolysis) is 2. The van der Waals surface area contributed by atoms with E-state index in [9.17, 15) is 9.59 Å². The van der Waals surface area contributed by atoms with Gasteiger partial charge < -0.3 is 9.47 Å². The van der Waals surface area contributed by atoms with Crippen LogP contribution in [0.15, 0.2) is 24.5 Å². The molecule has 1 aromatic heterocycles. The molecule has 0 unspecified atom stereocenters. The van der Waals surface area contributed by atoms with Crippen LogP contribution in [-0.4, -0.2) is 30.4 Å². The van der Waals surface area contributed by atoms with Crippen molar-refractivity contribution >= 4 is 12.2 Å². The molecular weight excluding hydrogens is 250 g/mol. The molecule has 1 rings (SSSR count). The fourth-order valence-electron chi connectivity index (χ4n) is 1.34. The van der Waals surface area contributed by atoms with Gasteiger partial charge in [-0.15, -0.1) is 0 Å². The number of aromatic nitrogens is 1. The Morgan fingerprint density at radius 3 is 2.00 bits per heavy atom. The maximum atomic E-state index is 11.4. The smallest absolute Gasteiger partial charge is 0.409 e. The Balaban J connectivity index is 2.73. The van der Waals surface area contributed by atoms with Gasteiger partial charge in [-0.3, -0.25) is 15.6 Å². The zero-order chi connectivity index (χ0) is 14.1. The van der Waals surface area contributed by atoms with Crippen LogP contribution < -0.4 is 10.6 Å². The molecule has 1 heterocycles. The number of nitrogens with one attached hydrogen (secondary N) is 2. The Morgan fingerprint density at radius 1 is 1.11 bits per heavy atom. The molecule has 7 heteroatoms. The highest BCUT2D eigenvalue weighted by atomic mass is 16.6. The Kier molecular flexibility index (Phi) is 6.14. The van der Waals surface area contributed by atoms with Gasteiger partial charge in [0, 0.05) is 12.4 Å². The molecule has 0 bridgehead atoms. The first-order valence-electron chi connectivity index (χ1n) is 5.93. The normalized spacial score (nSPS) is 9.84. The molecule has 0 aliphatic carbocycles. The van der Waals surface area contributed by atoms with E-state index in [-0.39, 0.29) is 13.2 Å². The van der Waals surface area contributed by atoms with Gasteiger partial charge in [-0.1, -0.05) is 0 Å². The van der Waals surface area contributed by atoms with Crippen molar-refractivity contribution in [2.45, 2.75) is 20.0 Å². The van der Waals surface area contributed by atoms with Gasteiger partial charge in [0.2, 0.25) is 0 Å².